The Bertz CT molecular complexity index is 616. The highest BCUT2D eigenvalue weighted by molar-refractivity contribution is 5.41. The van der Waals surface area contributed by atoms with Crippen molar-refractivity contribution < 1.29 is 9.84 Å². The Kier molecular flexibility index (Phi) is 6.09. The Morgan fingerprint density at radius 3 is 2.39 bits per heavy atom. The van der Waals surface area contributed by atoms with E-state index in [0.29, 0.717) is 17.6 Å². The lowest BCUT2D eigenvalue weighted by Crippen LogP contribution is -2.04. The van der Waals surface area contributed by atoms with Crippen LogP contribution in [0.5, 0.6) is 11.5 Å². The molecule has 0 aliphatic carbocycles. The Morgan fingerprint density at radius 2 is 1.74 bits per heavy atom. The highest BCUT2D eigenvalue weighted by Gasteiger charge is 2.11. The van der Waals surface area contributed by atoms with E-state index < -0.39 is 0 Å². The van der Waals surface area contributed by atoms with Gasteiger partial charge in [-0.25, -0.2) is 0 Å². The molecule has 0 radical (unpaired) electrons. The standard InChI is InChI=1S/C21H28O2/c1-15-6-10-19(11-7-15)17(3)13-16(2)5-8-18-9-12-20(22)21(14-18)23-4/h6-7,9-12,14,16-17,22H,5,8,13H2,1-4H3. The van der Waals surface area contributed by atoms with E-state index in [0.717, 1.165) is 12.8 Å². The average molecular weight is 312 g/mol. The zero-order valence-electron chi connectivity index (χ0n) is 14.7. The fourth-order valence-electron chi connectivity index (χ4n) is 3.04. The molecular formula is C21H28O2. The summed E-state index contributed by atoms with van der Waals surface area (Å²) in [5, 5.41) is 9.65. The second-order valence-electron chi connectivity index (χ2n) is 6.70. The van der Waals surface area contributed by atoms with Crippen molar-refractivity contribution in [1.29, 1.82) is 0 Å². The molecule has 0 aliphatic rings. The number of aryl methyl sites for hydroxylation is 2. The lowest BCUT2D eigenvalue weighted by atomic mass is 9.88. The summed E-state index contributed by atoms with van der Waals surface area (Å²) in [5.74, 6) is 2.01. The third-order valence-corrected chi connectivity index (χ3v) is 4.57. The van der Waals surface area contributed by atoms with E-state index >= 15 is 0 Å². The van der Waals surface area contributed by atoms with Gasteiger partial charge in [-0.3, -0.25) is 0 Å². The summed E-state index contributed by atoms with van der Waals surface area (Å²) in [4.78, 5) is 0. The zero-order valence-corrected chi connectivity index (χ0v) is 14.7. The molecule has 0 fully saturated rings. The van der Waals surface area contributed by atoms with Crippen LogP contribution < -0.4 is 4.74 Å². The predicted octanol–water partition coefficient (Wildman–Crippen LogP) is 5.47. The summed E-state index contributed by atoms with van der Waals surface area (Å²) < 4.78 is 5.17. The molecule has 0 heterocycles. The number of aromatic hydroxyl groups is 1. The van der Waals surface area contributed by atoms with E-state index in [1.807, 2.05) is 12.1 Å². The summed E-state index contributed by atoms with van der Waals surface area (Å²) in [7, 11) is 1.59. The fraction of sp³-hybridized carbons (Fsp3) is 0.429. The van der Waals surface area contributed by atoms with Crippen molar-refractivity contribution in [3.63, 3.8) is 0 Å². The van der Waals surface area contributed by atoms with Crippen molar-refractivity contribution >= 4 is 0 Å². The van der Waals surface area contributed by atoms with Gasteiger partial charge < -0.3 is 9.84 Å². The van der Waals surface area contributed by atoms with Crippen LogP contribution in [-0.4, -0.2) is 12.2 Å². The first-order valence-electron chi connectivity index (χ1n) is 8.42. The molecule has 0 aromatic heterocycles. The number of ether oxygens (including phenoxy) is 1. The average Bonchev–Trinajstić information content (AvgIpc) is 2.54. The fourth-order valence-corrected chi connectivity index (χ4v) is 3.04. The van der Waals surface area contributed by atoms with Gasteiger partial charge in [-0.15, -0.1) is 0 Å². The monoisotopic (exact) mass is 312 g/mol. The topological polar surface area (TPSA) is 29.5 Å². The van der Waals surface area contributed by atoms with E-state index in [4.69, 9.17) is 4.74 Å². The number of rotatable bonds is 7. The highest BCUT2D eigenvalue weighted by Crippen LogP contribution is 2.29. The van der Waals surface area contributed by atoms with Gasteiger partial charge in [-0.2, -0.15) is 0 Å². The molecule has 0 aliphatic heterocycles. The van der Waals surface area contributed by atoms with Crippen LogP contribution in [0.1, 0.15) is 49.3 Å². The van der Waals surface area contributed by atoms with Crippen molar-refractivity contribution in [3.05, 3.63) is 59.2 Å². The van der Waals surface area contributed by atoms with Gasteiger partial charge >= 0.3 is 0 Å². The molecule has 0 spiro atoms. The molecule has 0 amide bonds. The van der Waals surface area contributed by atoms with Crippen LogP contribution in [0.2, 0.25) is 0 Å². The number of phenolic OH excluding ortho intramolecular Hbond substituents is 1. The second-order valence-corrected chi connectivity index (χ2v) is 6.70. The van der Waals surface area contributed by atoms with E-state index in [1.54, 1.807) is 13.2 Å². The van der Waals surface area contributed by atoms with E-state index in [2.05, 4.69) is 45.0 Å². The largest absolute Gasteiger partial charge is 0.504 e. The molecule has 1 N–H and O–H groups in total. The van der Waals surface area contributed by atoms with Gasteiger partial charge in [0.1, 0.15) is 0 Å². The second kappa shape index (κ2) is 8.05. The smallest absolute Gasteiger partial charge is 0.160 e. The van der Waals surface area contributed by atoms with Gasteiger partial charge in [-0.05, 0) is 61.3 Å². The molecule has 2 heteroatoms. The van der Waals surface area contributed by atoms with Crippen molar-refractivity contribution in [2.24, 2.45) is 5.92 Å². The van der Waals surface area contributed by atoms with E-state index in [9.17, 15) is 5.11 Å². The van der Waals surface area contributed by atoms with Gasteiger partial charge in [0.15, 0.2) is 11.5 Å². The van der Waals surface area contributed by atoms with Crippen molar-refractivity contribution in [2.75, 3.05) is 7.11 Å². The third kappa shape index (κ3) is 5.02. The van der Waals surface area contributed by atoms with Gasteiger partial charge in [0.2, 0.25) is 0 Å². The van der Waals surface area contributed by atoms with Gasteiger partial charge in [0, 0.05) is 0 Å². The molecule has 0 saturated heterocycles. The first-order chi connectivity index (χ1) is 11.0. The number of hydrogen-bond donors (Lipinski definition) is 1. The number of benzene rings is 2. The SMILES string of the molecule is COc1cc(CCC(C)CC(C)c2ccc(C)cc2)ccc1O. The minimum Gasteiger partial charge on any atom is -0.504 e. The summed E-state index contributed by atoms with van der Waals surface area (Å²) in [5.41, 5.74) is 3.96. The van der Waals surface area contributed by atoms with Crippen LogP contribution in [0.15, 0.2) is 42.5 Å². The van der Waals surface area contributed by atoms with E-state index in [-0.39, 0.29) is 5.75 Å². The Balaban J connectivity index is 1.87. The lowest BCUT2D eigenvalue weighted by Gasteiger charge is -2.18. The van der Waals surface area contributed by atoms with Gasteiger partial charge in [0.05, 0.1) is 7.11 Å². The van der Waals surface area contributed by atoms with Crippen LogP contribution in [0.25, 0.3) is 0 Å². The van der Waals surface area contributed by atoms with E-state index in [1.165, 1.54) is 23.1 Å². The first-order valence-corrected chi connectivity index (χ1v) is 8.42. The molecular weight excluding hydrogens is 284 g/mol. The van der Waals surface area contributed by atoms with Crippen LogP contribution in [0.3, 0.4) is 0 Å². The quantitative estimate of drug-likeness (QED) is 0.734. The van der Waals surface area contributed by atoms with Gasteiger partial charge in [-0.1, -0.05) is 49.7 Å². The number of methoxy groups -OCH3 is 1. The third-order valence-electron chi connectivity index (χ3n) is 4.57. The number of hydrogen-bond acceptors (Lipinski definition) is 2. The van der Waals surface area contributed by atoms with Crippen molar-refractivity contribution in [3.8, 4) is 11.5 Å². The Labute approximate surface area is 140 Å². The minimum absolute atomic E-state index is 0.206. The molecule has 124 valence electrons. The normalized spacial score (nSPS) is 13.6. The molecule has 2 nitrogen and oxygen atoms in total. The Morgan fingerprint density at radius 1 is 1.04 bits per heavy atom. The van der Waals surface area contributed by atoms with Crippen molar-refractivity contribution in [1.82, 2.24) is 0 Å². The molecule has 2 unspecified atom stereocenters. The maximum absolute atomic E-state index is 9.65. The molecule has 0 saturated carbocycles. The molecule has 2 aromatic carbocycles. The van der Waals surface area contributed by atoms with Crippen molar-refractivity contribution in [2.45, 2.75) is 46.0 Å². The lowest BCUT2D eigenvalue weighted by molar-refractivity contribution is 0.372. The summed E-state index contributed by atoms with van der Waals surface area (Å²) in [6, 6.07) is 14.5. The van der Waals surface area contributed by atoms with Crippen LogP contribution in [0, 0.1) is 12.8 Å². The molecule has 23 heavy (non-hydrogen) atoms. The summed E-state index contributed by atoms with van der Waals surface area (Å²) >= 11 is 0. The molecule has 2 rings (SSSR count). The van der Waals surface area contributed by atoms with Crippen LogP contribution in [0.4, 0.5) is 0 Å². The molecule has 2 aromatic rings. The zero-order chi connectivity index (χ0) is 16.8. The molecule has 2 atom stereocenters. The maximum Gasteiger partial charge on any atom is 0.160 e. The highest BCUT2D eigenvalue weighted by atomic mass is 16.5. The predicted molar refractivity (Wildman–Crippen MR) is 96.4 cm³/mol. The molecule has 0 bridgehead atoms. The Hall–Kier alpha value is -1.96. The summed E-state index contributed by atoms with van der Waals surface area (Å²) in [6.07, 6.45) is 3.35. The first kappa shape index (κ1) is 17.4. The maximum atomic E-state index is 9.65. The van der Waals surface area contributed by atoms with Crippen LogP contribution in [-0.2, 0) is 6.42 Å². The van der Waals surface area contributed by atoms with Gasteiger partial charge in [0.25, 0.3) is 0 Å². The minimum atomic E-state index is 0.206. The summed E-state index contributed by atoms with van der Waals surface area (Å²) in [6.45, 7) is 6.76. The van der Waals surface area contributed by atoms with Crippen LogP contribution >= 0.6 is 0 Å². The number of phenols is 1.